The Bertz CT molecular complexity index is 1210. The molecule has 2 N–H and O–H groups in total. The third kappa shape index (κ3) is 4.13. The van der Waals surface area contributed by atoms with Crippen LogP contribution in [-0.2, 0) is 48.7 Å². The Labute approximate surface area is 214 Å². The Morgan fingerprint density at radius 2 is 1.75 bits per heavy atom. The molecule has 0 fully saturated rings. The fraction of sp³-hybridized carbons (Fsp3) is 0.455. The third-order valence-electron chi connectivity index (χ3n) is 6.51. The molecule has 1 radical (unpaired) electrons. The first-order chi connectivity index (χ1) is 14.9. The van der Waals surface area contributed by atoms with Gasteiger partial charge in [0.2, 0.25) is 0 Å². The quantitative estimate of drug-likeness (QED) is 0.659. The summed E-state index contributed by atoms with van der Waals surface area (Å²) < 4.78 is 28.2. The third-order valence-corrected chi connectivity index (χ3v) is 9.58. The van der Waals surface area contributed by atoms with Gasteiger partial charge in [-0.2, -0.15) is 5.26 Å². The zero-order valence-corrected chi connectivity index (χ0v) is 22.0. The minimum absolute atomic E-state index is 0. The van der Waals surface area contributed by atoms with Crippen LogP contribution in [0.2, 0.25) is 0 Å². The maximum atomic E-state index is 13.1. The Hall–Kier alpha value is -1.41. The number of nitrogens with zero attached hydrogens (tertiary/aromatic N) is 2. The van der Waals surface area contributed by atoms with Crippen LogP contribution in [0, 0.1) is 11.3 Å². The molecule has 1 aromatic heterocycles. The second-order valence-corrected chi connectivity index (χ2v) is 11.5. The van der Waals surface area contributed by atoms with Crippen molar-refractivity contribution in [1.29, 1.82) is 5.26 Å². The van der Waals surface area contributed by atoms with Crippen LogP contribution in [0.4, 0.5) is 10.5 Å². The number of nitriles is 1. The molecule has 2 aliphatic carbocycles. The molecule has 0 atom stereocenters. The number of anilines is 1. The van der Waals surface area contributed by atoms with Crippen molar-refractivity contribution >= 4 is 62.6 Å². The molecule has 5 rings (SSSR count). The average molecular weight is 480 g/mol. The molecule has 10 heteroatoms. The van der Waals surface area contributed by atoms with Gasteiger partial charge in [-0.1, -0.05) is 6.07 Å². The van der Waals surface area contributed by atoms with Gasteiger partial charge in [0.25, 0.3) is 10.0 Å². The van der Waals surface area contributed by atoms with Gasteiger partial charge in [0.15, 0.2) is 4.21 Å². The summed E-state index contributed by atoms with van der Waals surface area (Å²) in [6.45, 7) is 1.38. The van der Waals surface area contributed by atoms with Gasteiger partial charge < -0.3 is 10.2 Å². The summed E-state index contributed by atoms with van der Waals surface area (Å²) in [5.74, 6) is 0. The summed E-state index contributed by atoms with van der Waals surface area (Å²) in [7, 11) is -2.18. The fourth-order valence-electron chi connectivity index (χ4n) is 5.08. The molecule has 32 heavy (non-hydrogen) atoms. The Balaban J connectivity index is 0.00000245. The first-order valence-electron chi connectivity index (χ1n) is 10.6. The van der Waals surface area contributed by atoms with Gasteiger partial charge in [-0.15, -0.1) is 11.3 Å². The number of sulfonamides is 1. The molecule has 0 spiro atoms. The zero-order valence-electron chi connectivity index (χ0n) is 18.4. The predicted molar refractivity (Wildman–Crippen MR) is 125 cm³/mol. The molecule has 0 unspecified atom stereocenters. The van der Waals surface area contributed by atoms with Crippen LogP contribution >= 0.6 is 11.3 Å². The van der Waals surface area contributed by atoms with Crippen LogP contribution in [0.1, 0.15) is 51.1 Å². The van der Waals surface area contributed by atoms with Gasteiger partial charge in [-0.05, 0) is 79.8 Å². The Kier molecular flexibility index (Phi) is 6.74. The van der Waals surface area contributed by atoms with E-state index in [1.165, 1.54) is 11.1 Å². The molecule has 1 aromatic carbocycles. The van der Waals surface area contributed by atoms with E-state index >= 15 is 0 Å². The van der Waals surface area contributed by atoms with Gasteiger partial charge in [-0.3, -0.25) is 0 Å². The second kappa shape index (κ2) is 9.09. The molecule has 7 nitrogen and oxygen atoms in total. The number of carbonyl (C=O) groups excluding carboxylic acids is 1. The van der Waals surface area contributed by atoms with Crippen molar-refractivity contribution in [2.45, 2.75) is 55.7 Å². The van der Waals surface area contributed by atoms with Crippen molar-refractivity contribution in [2.24, 2.45) is 0 Å². The summed E-state index contributed by atoms with van der Waals surface area (Å²) in [6.07, 6.45) is 6.52. The Morgan fingerprint density at radius 3 is 2.38 bits per heavy atom. The summed E-state index contributed by atoms with van der Waals surface area (Å²) in [4.78, 5) is 15.8. The summed E-state index contributed by atoms with van der Waals surface area (Å²) >= 11 is 1.09. The SMILES string of the molecule is CN1CCc2c(sc(S(=O)(=O)NC(=O)Nc3c4c(cc5c3CCC5)CCC4)c2C#N)C1.[Na]. The van der Waals surface area contributed by atoms with Crippen LogP contribution < -0.4 is 10.0 Å². The van der Waals surface area contributed by atoms with Crippen LogP contribution in [0.3, 0.4) is 0 Å². The topological polar surface area (TPSA) is 102 Å². The molecule has 3 aliphatic rings. The number of aryl methyl sites for hydroxylation is 2. The number of nitrogens with one attached hydrogen (secondary N) is 2. The van der Waals surface area contributed by atoms with Crippen molar-refractivity contribution in [1.82, 2.24) is 9.62 Å². The van der Waals surface area contributed by atoms with E-state index in [-0.39, 0.29) is 39.3 Å². The molecular formula is C22H24N4NaO3S2. The van der Waals surface area contributed by atoms with Crippen LogP contribution in [0.5, 0.6) is 0 Å². The number of urea groups is 1. The number of benzene rings is 1. The van der Waals surface area contributed by atoms with Crippen molar-refractivity contribution < 1.29 is 13.2 Å². The molecular weight excluding hydrogens is 455 g/mol. The molecule has 1 aliphatic heterocycles. The summed E-state index contributed by atoms with van der Waals surface area (Å²) in [6, 6.07) is 3.56. The Morgan fingerprint density at radius 1 is 1.09 bits per heavy atom. The molecule has 2 amide bonds. The molecule has 2 heterocycles. The summed E-state index contributed by atoms with van der Waals surface area (Å²) in [5, 5.41) is 12.5. The number of amides is 2. The van der Waals surface area contributed by atoms with E-state index in [0.717, 1.165) is 83.7 Å². The smallest absolute Gasteiger partial charge is 0.307 e. The number of carbonyl (C=O) groups is 1. The van der Waals surface area contributed by atoms with E-state index in [2.05, 4.69) is 27.1 Å². The molecule has 2 aromatic rings. The molecule has 163 valence electrons. The maximum Gasteiger partial charge on any atom is 0.333 e. The van der Waals surface area contributed by atoms with E-state index in [0.29, 0.717) is 13.0 Å². The standard InChI is InChI=1S/C22H24N4O3S2.Na/c1-26-9-8-17-18(11-23)21(30-19(17)12-26)31(28,29)25-22(27)24-20-15-6-2-4-13(15)10-14-5-3-7-16(14)20;/h10H,2-9,12H2,1H3,(H2,24,25,27);. The fourth-order valence-corrected chi connectivity index (χ4v) is 7.88. The average Bonchev–Trinajstić information content (AvgIpc) is 3.44. The number of rotatable bonds is 3. The monoisotopic (exact) mass is 479 g/mol. The van der Waals surface area contributed by atoms with Gasteiger partial charge in [-0.25, -0.2) is 17.9 Å². The van der Waals surface area contributed by atoms with Gasteiger partial charge >= 0.3 is 6.03 Å². The van der Waals surface area contributed by atoms with Crippen molar-refractivity contribution in [2.75, 3.05) is 18.9 Å². The van der Waals surface area contributed by atoms with Crippen LogP contribution in [0.15, 0.2) is 10.3 Å². The van der Waals surface area contributed by atoms with E-state index in [4.69, 9.17) is 0 Å². The van der Waals surface area contributed by atoms with E-state index in [1.54, 1.807) is 0 Å². The molecule has 0 saturated carbocycles. The predicted octanol–water partition coefficient (Wildman–Crippen LogP) is 2.71. The number of hydrogen-bond donors (Lipinski definition) is 2. The normalized spacial score (nSPS) is 17.0. The minimum atomic E-state index is -4.15. The summed E-state index contributed by atoms with van der Waals surface area (Å²) in [5.41, 5.74) is 6.57. The molecule has 0 saturated heterocycles. The minimum Gasteiger partial charge on any atom is -0.307 e. The first kappa shape index (κ1) is 23.7. The van der Waals surface area contributed by atoms with E-state index in [1.807, 2.05) is 7.05 Å². The van der Waals surface area contributed by atoms with Crippen molar-refractivity contribution in [3.8, 4) is 6.07 Å². The van der Waals surface area contributed by atoms with Gasteiger partial charge in [0, 0.05) is 53.2 Å². The van der Waals surface area contributed by atoms with Crippen LogP contribution in [-0.4, -0.2) is 62.5 Å². The molecule has 0 bridgehead atoms. The number of likely N-dealkylation sites (N-methyl/N-ethyl adjacent to an activating group) is 1. The largest absolute Gasteiger partial charge is 0.333 e. The van der Waals surface area contributed by atoms with Crippen molar-refractivity contribution in [3.05, 3.63) is 44.3 Å². The van der Waals surface area contributed by atoms with Gasteiger partial charge in [0.1, 0.15) is 6.07 Å². The first-order valence-corrected chi connectivity index (χ1v) is 12.9. The number of fused-ring (bicyclic) bond motifs is 3. The second-order valence-electron chi connectivity index (χ2n) is 8.56. The number of hydrogen-bond acceptors (Lipinski definition) is 6. The van der Waals surface area contributed by atoms with Crippen LogP contribution in [0.25, 0.3) is 0 Å². The van der Waals surface area contributed by atoms with Gasteiger partial charge in [0.05, 0.1) is 5.56 Å². The van der Waals surface area contributed by atoms with E-state index < -0.39 is 16.1 Å². The van der Waals surface area contributed by atoms with E-state index in [9.17, 15) is 18.5 Å². The maximum absolute atomic E-state index is 13.1. The zero-order chi connectivity index (χ0) is 21.8. The van der Waals surface area contributed by atoms with Crippen molar-refractivity contribution in [3.63, 3.8) is 0 Å². The number of thiophene rings is 1.